The molecule has 108 valence electrons. The normalized spacial score (nSPS) is 21.8. The summed E-state index contributed by atoms with van der Waals surface area (Å²) in [4.78, 5) is 15.3. The van der Waals surface area contributed by atoms with E-state index in [4.69, 9.17) is 0 Å². The fourth-order valence-electron chi connectivity index (χ4n) is 3.57. The number of fused-ring (bicyclic) bond motifs is 1. The number of hydrogen-bond acceptors (Lipinski definition) is 1. The molecule has 0 bridgehead atoms. The molecule has 1 atom stereocenters. The topological polar surface area (TPSA) is 20.3 Å². The van der Waals surface area contributed by atoms with Gasteiger partial charge in [0.2, 0.25) is 5.91 Å². The minimum atomic E-state index is 0.186. The molecule has 1 unspecified atom stereocenters. The Kier molecular flexibility index (Phi) is 4.16. The molecule has 2 aliphatic rings. The average molecular weight is 336 g/mol. The second-order valence-corrected chi connectivity index (χ2v) is 7.66. The number of rotatable bonds is 2. The highest BCUT2D eigenvalue weighted by Gasteiger charge is 2.32. The maximum absolute atomic E-state index is 12.7. The van der Waals surface area contributed by atoms with Gasteiger partial charge in [-0.15, -0.1) is 0 Å². The van der Waals surface area contributed by atoms with Gasteiger partial charge >= 0.3 is 0 Å². The van der Waals surface area contributed by atoms with Crippen molar-refractivity contribution >= 4 is 21.8 Å². The van der Waals surface area contributed by atoms with E-state index in [0.717, 1.165) is 44.7 Å². The van der Waals surface area contributed by atoms with Gasteiger partial charge in [0.25, 0.3) is 0 Å². The highest BCUT2D eigenvalue weighted by molar-refractivity contribution is 9.09. The maximum Gasteiger partial charge on any atom is 0.226 e. The molecule has 1 aliphatic carbocycles. The molecule has 3 rings (SSSR count). The van der Waals surface area contributed by atoms with Crippen LogP contribution in [0, 0.1) is 11.8 Å². The first kappa shape index (κ1) is 14.1. The summed E-state index contributed by atoms with van der Waals surface area (Å²) in [6.45, 7) is 4.09. The number of nitrogens with zero attached hydrogens (tertiary/aromatic N) is 1. The van der Waals surface area contributed by atoms with E-state index >= 15 is 0 Å². The number of likely N-dealkylation sites (tertiary alicyclic amines) is 1. The van der Waals surface area contributed by atoms with Crippen molar-refractivity contribution in [2.75, 3.05) is 13.1 Å². The van der Waals surface area contributed by atoms with Crippen LogP contribution in [0.2, 0.25) is 0 Å². The van der Waals surface area contributed by atoms with E-state index < -0.39 is 0 Å². The summed E-state index contributed by atoms with van der Waals surface area (Å²) in [7, 11) is 0. The van der Waals surface area contributed by atoms with Gasteiger partial charge < -0.3 is 4.90 Å². The first-order valence-corrected chi connectivity index (χ1v) is 8.56. The molecule has 1 saturated heterocycles. The number of halogens is 1. The van der Waals surface area contributed by atoms with Crippen LogP contribution in [0.5, 0.6) is 0 Å². The molecule has 2 nitrogen and oxygen atoms in total. The summed E-state index contributed by atoms with van der Waals surface area (Å²) in [5.41, 5.74) is 2.74. The predicted molar refractivity (Wildman–Crippen MR) is 85.0 cm³/mol. The van der Waals surface area contributed by atoms with Crippen LogP contribution in [0.25, 0.3) is 0 Å². The van der Waals surface area contributed by atoms with E-state index in [9.17, 15) is 4.79 Å². The lowest BCUT2D eigenvalue weighted by Crippen LogP contribution is -2.43. The van der Waals surface area contributed by atoms with Gasteiger partial charge in [0.1, 0.15) is 0 Å². The van der Waals surface area contributed by atoms with Crippen molar-refractivity contribution in [2.24, 2.45) is 11.8 Å². The van der Waals surface area contributed by atoms with Crippen LogP contribution in [-0.2, 0) is 17.6 Å². The molecule has 1 aliphatic heterocycles. The number of piperidine rings is 1. The molecule has 20 heavy (non-hydrogen) atoms. The summed E-state index contributed by atoms with van der Waals surface area (Å²) in [6, 6.07) is 8.49. The molecule has 1 amide bonds. The molecule has 0 aromatic heterocycles. The summed E-state index contributed by atoms with van der Waals surface area (Å²) < 4.78 is 0. The molecule has 0 radical (unpaired) electrons. The minimum Gasteiger partial charge on any atom is -0.342 e. The fraction of sp³-hybridized carbons (Fsp3) is 0.588. The molecular weight excluding hydrogens is 314 g/mol. The lowest BCUT2D eigenvalue weighted by molar-refractivity contribution is -0.136. The lowest BCUT2D eigenvalue weighted by Gasteiger charge is -2.34. The van der Waals surface area contributed by atoms with Crippen molar-refractivity contribution in [3.8, 4) is 0 Å². The zero-order chi connectivity index (χ0) is 14.1. The summed E-state index contributed by atoms with van der Waals surface area (Å²) in [5.74, 6) is 1.28. The van der Waals surface area contributed by atoms with Gasteiger partial charge in [0.05, 0.1) is 0 Å². The minimum absolute atomic E-state index is 0.186. The zero-order valence-electron chi connectivity index (χ0n) is 12.0. The Balaban J connectivity index is 1.59. The third-order valence-electron chi connectivity index (χ3n) is 4.90. The summed E-state index contributed by atoms with van der Waals surface area (Å²) >= 11 is 3.68. The van der Waals surface area contributed by atoms with Gasteiger partial charge in [0.15, 0.2) is 0 Å². The van der Waals surface area contributed by atoms with Crippen molar-refractivity contribution in [2.45, 2.75) is 37.4 Å². The number of amides is 1. The largest absolute Gasteiger partial charge is 0.342 e. The first-order chi connectivity index (χ1) is 9.65. The second-order valence-electron chi connectivity index (χ2n) is 6.21. The van der Waals surface area contributed by atoms with Crippen LogP contribution in [-0.4, -0.2) is 28.7 Å². The second kappa shape index (κ2) is 5.88. The number of benzene rings is 1. The molecular formula is C17H22BrNO. The van der Waals surface area contributed by atoms with E-state index in [1.807, 2.05) is 0 Å². The number of carbonyl (C=O) groups is 1. The molecule has 1 aromatic carbocycles. The lowest BCUT2D eigenvalue weighted by atomic mass is 9.93. The monoisotopic (exact) mass is 335 g/mol. The van der Waals surface area contributed by atoms with Crippen molar-refractivity contribution < 1.29 is 4.79 Å². The standard InChI is InChI=1S/C17H22BrNO/c1-12(18)13-6-8-19(9-7-13)17(20)16-10-14-4-2-3-5-15(14)11-16/h2-5,12-13,16H,6-11H2,1H3. The SMILES string of the molecule is CC(Br)C1CCN(C(=O)C2Cc3ccccc3C2)CC1. The Morgan fingerprint density at radius 1 is 1.20 bits per heavy atom. The Morgan fingerprint density at radius 2 is 1.75 bits per heavy atom. The van der Waals surface area contributed by atoms with Gasteiger partial charge in [-0.25, -0.2) is 0 Å². The Labute approximate surface area is 129 Å². The van der Waals surface area contributed by atoms with Crippen molar-refractivity contribution in [1.82, 2.24) is 4.90 Å². The van der Waals surface area contributed by atoms with E-state index in [0.29, 0.717) is 10.7 Å². The number of alkyl halides is 1. The first-order valence-electron chi connectivity index (χ1n) is 7.65. The van der Waals surface area contributed by atoms with E-state index in [1.54, 1.807) is 0 Å². The number of hydrogen-bond donors (Lipinski definition) is 0. The van der Waals surface area contributed by atoms with Gasteiger partial charge in [-0.05, 0) is 42.7 Å². The van der Waals surface area contributed by atoms with Crippen LogP contribution >= 0.6 is 15.9 Å². The average Bonchev–Trinajstić information content (AvgIpc) is 2.90. The molecule has 0 saturated carbocycles. The number of carbonyl (C=O) groups excluding carboxylic acids is 1. The molecule has 0 N–H and O–H groups in total. The molecule has 1 aromatic rings. The van der Waals surface area contributed by atoms with E-state index in [-0.39, 0.29) is 5.92 Å². The Morgan fingerprint density at radius 3 is 2.25 bits per heavy atom. The Bertz CT molecular complexity index is 467. The highest BCUT2D eigenvalue weighted by atomic mass is 79.9. The van der Waals surface area contributed by atoms with Crippen molar-refractivity contribution in [1.29, 1.82) is 0 Å². The van der Waals surface area contributed by atoms with E-state index in [1.165, 1.54) is 11.1 Å². The van der Waals surface area contributed by atoms with Crippen LogP contribution in [0.4, 0.5) is 0 Å². The summed E-state index contributed by atoms with van der Waals surface area (Å²) in [6.07, 6.45) is 4.14. The van der Waals surface area contributed by atoms with Crippen LogP contribution < -0.4 is 0 Å². The van der Waals surface area contributed by atoms with Crippen molar-refractivity contribution in [3.05, 3.63) is 35.4 Å². The quantitative estimate of drug-likeness (QED) is 0.758. The molecule has 0 spiro atoms. The van der Waals surface area contributed by atoms with Crippen molar-refractivity contribution in [3.63, 3.8) is 0 Å². The van der Waals surface area contributed by atoms with Crippen LogP contribution in [0.3, 0.4) is 0 Å². The summed E-state index contributed by atoms with van der Waals surface area (Å²) in [5, 5.41) is 0. The molecule has 1 fully saturated rings. The van der Waals surface area contributed by atoms with Gasteiger partial charge in [0, 0.05) is 23.8 Å². The van der Waals surface area contributed by atoms with Crippen LogP contribution in [0.15, 0.2) is 24.3 Å². The van der Waals surface area contributed by atoms with Gasteiger partial charge in [-0.2, -0.15) is 0 Å². The van der Waals surface area contributed by atoms with E-state index in [2.05, 4.69) is 52.0 Å². The molecule has 1 heterocycles. The maximum atomic E-state index is 12.7. The van der Waals surface area contributed by atoms with Gasteiger partial charge in [-0.3, -0.25) is 4.79 Å². The smallest absolute Gasteiger partial charge is 0.226 e. The third-order valence-corrected chi connectivity index (χ3v) is 5.65. The molecule has 3 heteroatoms. The Hall–Kier alpha value is -0.830. The fourth-order valence-corrected chi connectivity index (χ4v) is 4.10. The van der Waals surface area contributed by atoms with Crippen LogP contribution in [0.1, 0.15) is 30.9 Å². The zero-order valence-corrected chi connectivity index (χ0v) is 13.6. The third kappa shape index (κ3) is 2.78. The predicted octanol–water partition coefficient (Wildman–Crippen LogP) is 3.42. The van der Waals surface area contributed by atoms with Gasteiger partial charge in [-0.1, -0.05) is 47.1 Å². The highest BCUT2D eigenvalue weighted by Crippen LogP contribution is 2.30.